The zero-order chi connectivity index (χ0) is 23.9. The Kier molecular flexibility index (Phi) is 7.24. The Bertz CT molecular complexity index is 1200. The Morgan fingerprint density at radius 2 is 1.76 bits per heavy atom. The number of amides is 1. The van der Waals surface area contributed by atoms with Gasteiger partial charge >= 0.3 is 5.97 Å². The maximum atomic E-state index is 13.0. The van der Waals surface area contributed by atoms with Gasteiger partial charge in [0.1, 0.15) is 6.54 Å². The van der Waals surface area contributed by atoms with Crippen LogP contribution < -0.4 is 9.80 Å². The third-order valence-electron chi connectivity index (χ3n) is 6.10. The Labute approximate surface area is 199 Å². The lowest BCUT2D eigenvalue weighted by Crippen LogP contribution is -2.36. The summed E-state index contributed by atoms with van der Waals surface area (Å²) in [5.41, 5.74) is 5.51. The number of hydrogen-bond donors (Lipinski definition) is 1. The highest BCUT2D eigenvalue weighted by Crippen LogP contribution is 2.32. The second kappa shape index (κ2) is 10.7. The number of nitrogens with zero attached hydrogens (tertiary/aromatic N) is 3. The monoisotopic (exact) mass is 453 g/mol. The molecule has 0 atom stereocenters. The Balaban J connectivity index is 1.49. The number of nitriles is 1. The first-order valence-electron chi connectivity index (χ1n) is 11.5. The molecule has 0 spiro atoms. The molecule has 0 unspecified atom stereocenters. The van der Waals surface area contributed by atoms with E-state index in [1.54, 1.807) is 12.1 Å². The zero-order valence-corrected chi connectivity index (χ0v) is 19.0. The predicted molar refractivity (Wildman–Crippen MR) is 132 cm³/mol. The molecule has 1 aliphatic heterocycles. The van der Waals surface area contributed by atoms with Gasteiger partial charge in [-0.25, -0.2) is 0 Å². The van der Waals surface area contributed by atoms with Crippen molar-refractivity contribution >= 4 is 23.3 Å². The molecule has 0 aromatic heterocycles. The number of aliphatic carboxylic acids is 1. The minimum Gasteiger partial charge on any atom is -0.480 e. The van der Waals surface area contributed by atoms with Crippen LogP contribution in [0.1, 0.15) is 35.1 Å². The van der Waals surface area contributed by atoms with Crippen molar-refractivity contribution in [3.8, 4) is 6.07 Å². The number of benzene rings is 3. The van der Waals surface area contributed by atoms with Gasteiger partial charge in [-0.3, -0.25) is 9.59 Å². The van der Waals surface area contributed by atoms with Crippen LogP contribution in [0.25, 0.3) is 0 Å². The zero-order valence-electron chi connectivity index (χ0n) is 19.0. The molecule has 0 saturated heterocycles. The lowest BCUT2D eigenvalue weighted by atomic mass is 9.99. The van der Waals surface area contributed by atoms with Crippen molar-refractivity contribution < 1.29 is 14.7 Å². The van der Waals surface area contributed by atoms with E-state index in [0.717, 1.165) is 40.9 Å². The largest absolute Gasteiger partial charge is 0.480 e. The van der Waals surface area contributed by atoms with Crippen LogP contribution in [0.2, 0.25) is 0 Å². The topological polar surface area (TPSA) is 84.6 Å². The van der Waals surface area contributed by atoms with E-state index in [1.165, 1.54) is 0 Å². The lowest BCUT2D eigenvalue weighted by Gasteiger charge is -2.31. The molecule has 6 heteroatoms. The average Bonchev–Trinajstić information content (AvgIpc) is 2.87. The smallest absolute Gasteiger partial charge is 0.323 e. The highest BCUT2D eigenvalue weighted by Gasteiger charge is 2.23. The maximum absolute atomic E-state index is 13.0. The van der Waals surface area contributed by atoms with Gasteiger partial charge in [-0.05, 0) is 66.3 Å². The number of carboxylic acid groups (broad SMARTS) is 1. The van der Waals surface area contributed by atoms with Gasteiger partial charge in [-0.15, -0.1) is 0 Å². The molecule has 1 aliphatic rings. The molecular formula is C28H27N3O3. The Morgan fingerprint density at radius 3 is 2.47 bits per heavy atom. The molecule has 0 fully saturated rings. The molecule has 0 radical (unpaired) electrons. The van der Waals surface area contributed by atoms with Gasteiger partial charge in [0.25, 0.3) is 0 Å². The normalized spacial score (nSPS) is 12.5. The quantitative estimate of drug-likeness (QED) is 0.540. The number of anilines is 2. The molecule has 1 N–H and O–H groups in total. The van der Waals surface area contributed by atoms with Crippen LogP contribution in [0.4, 0.5) is 11.4 Å². The van der Waals surface area contributed by atoms with Crippen LogP contribution in [0.15, 0.2) is 72.8 Å². The molecule has 3 aromatic rings. The number of aryl methyl sites for hydroxylation is 2. The predicted octanol–water partition coefficient (Wildman–Crippen LogP) is 4.56. The fraction of sp³-hybridized carbons (Fsp3) is 0.250. The van der Waals surface area contributed by atoms with E-state index in [4.69, 9.17) is 5.26 Å². The van der Waals surface area contributed by atoms with Crippen LogP contribution in [-0.4, -0.2) is 30.1 Å². The summed E-state index contributed by atoms with van der Waals surface area (Å²) >= 11 is 0. The van der Waals surface area contributed by atoms with Gasteiger partial charge < -0.3 is 14.9 Å². The van der Waals surface area contributed by atoms with Crippen molar-refractivity contribution in [2.45, 2.75) is 32.2 Å². The molecule has 6 nitrogen and oxygen atoms in total. The van der Waals surface area contributed by atoms with Crippen LogP contribution in [0.5, 0.6) is 0 Å². The van der Waals surface area contributed by atoms with Crippen LogP contribution in [0, 0.1) is 11.3 Å². The summed E-state index contributed by atoms with van der Waals surface area (Å²) < 4.78 is 0. The van der Waals surface area contributed by atoms with Gasteiger partial charge in [0.05, 0.1) is 11.6 Å². The van der Waals surface area contributed by atoms with E-state index < -0.39 is 5.97 Å². The molecule has 34 heavy (non-hydrogen) atoms. The van der Waals surface area contributed by atoms with E-state index in [9.17, 15) is 14.7 Å². The van der Waals surface area contributed by atoms with Crippen molar-refractivity contribution in [2.24, 2.45) is 0 Å². The fourth-order valence-electron chi connectivity index (χ4n) is 4.38. The molecule has 3 aromatic carbocycles. The number of fused-ring (bicyclic) bond motifs is 1. The van der Waals surface area contributed by atoms with Gasteiger partial charge in [0.15, 0.2) is 0 Å². The van der Waals surface area contributed by atoms with Gasteiger partial charge in [0, 0.05) is 30.9 Å². The summed E-state index contributed by atoms with van der Waals surface area (Å²) in [4.78, 5) is 28.3. The standard InChI is InChI=1S/C28H27N3O3/c29-18-22-10-8-21(9-11-22)12-15-27(32)31-16-4-7-24-17-25(13-14-26(24)31)30(20-28(33)34)19-23-5-2-1-3-6-23/h1-3,5-6,8-11,13-14,17H,4,7,12,15-16,19-20H2,(H,33,34). The highest BCUT2D eigenvalue weighted by atomic mass is 16.4. The molecule has 172 valence electrons. The number of carbonyl (C=O) groups is 2. The van der Waals surface area contributed by atoms with Gasteiger partial charge in [0.2, 0.25) is 5.91 Å². The molecule has 0 bridgehead atoms. The second-order valence-electron chi connectivity index (χ2n) is 8.51. The molecule has 4 rings (SSSR count). The van der Waals surface area contributed by atoms with Crippen LogP contribution in [-0.2, 0) is 29.0 Å². The first-order chi connectivity index (χ1) is 16.5. The number of carbonyl (C=O) groups excluding carboxylic acids is 1. The fourth-order valence-corrected chi connectivity index (χ4v) is 4.38. The number of carboxylic acids is 1. The SMILES string of the molecule is N#Cc1ccc(CCC(=O)N2CCCc3cc(N(CC(=O)O)Cc4ccccc4)ccc32)cc1. The summed E-state index contributed by atoms with van der Waals surface area (Å²) in [7, 11) is 0. The third-order valence-corrected chi connectivity index (χ3v) is 6.10. The summed E-state index contributed by atoms with van der Waals surface area (Å²) in [6.07, 6.45) is 2.75. The van der Waals surface area contributed by atoms with Crippen LogP contribution in [0.3, 0.4) is 0 Å². The molecule has 1 amide bonds. The summed E-state index contributed by atoms with van der Waals surface area (Å²) in [5, 5.41) is 18.4. The molecule has 1 heterocycles. The second-order valence-corrected chi connectivity index (χ2v) is 8.51. The van der Waals surface area contributed by atoms with Crippen molar-refractivity contribution in [1.82, 2.24) is 0 Å². The van der Waals surface area contributed by atoms with Crippen molar-refractivity contribution in [2.75, 3.05) is 22.9 Å². The van der Waals surface area contributed by atoms with Gasteiger partial charge in [-0.1, -0.05) is 42.5 Å². The van der Waals surface area contributed by atoms with Crippen LogP contribution >= 0.6 is 0 Å². The van der Waals surface area contributed by atoms with Crippen molar-refractivity contribution in [1.29, 1.82) is 5.26 Å². The highest BCUT2D eigenvalue weighted by molar-refractivity contribution is 5.95. The molecular weight excluding hydrogens is 426 g/mol. The minimum atomic E-state index is -0.881. The molecule has 0 aliphatic carbocycles. The third kappa shape index (κ3) is 5.62. The van der Waals surface area contributed by atoms with E-state index in [0.29, 0.717) is 31.5 Å². The van der Waals surface area contributed by atoms with Crippen molar-refractivity contribution in [3.05, 3.63) is 95.1 Å². The van der Waals surface area contributed by atoms with E-state index in [-0.39, 0.29) is 12.5 Å². The summed E-state index contributed by atoms with van der Waals surface area (Å²) in [6, 6.07) is 25.1. The summed E-state index contributed by atoms with van der Waals surface area (Å²) in [6.45, 7) is 1.08. The number of rotatable bonds is 8. The molecule has 0 saturated carbocycles. The van der Waals surface area contributed by atoms with E-state index in [2.05, 4.69) is 6.07 Å². The van der Waals surface area contributed by atoms with E-state index >= 15 is 0 Å². The number of hydrogen-bond acceptors (Lipinski definition) is 4. The Hall–Kier alpha value is -4.11. The summed E-state index contributed by atoms with van der Waals surface area (Å²) in [5.74, 6) is -0.807. The van der Waals surface area contributed by atoms with E-state index in [1.807, 2.05) is 70.5 Å². The lowest BCUT2D eigenvalue weighted by molar-refractivity contribution is -0.135. The Morgan fingerprint density at radius 1 is 1.00 bits per heavy atom. The first-order valence-corrected chi connectivity index (χ1v) is 11.5. The maximum Gasteiger partial charge on any atom is 0.323 e. The van der Waals surface area contributed by atoms with Gasteiger partial charge in [-0.2, -0.15) is 5.26 Å². The van der Waals surface area contributed by atoms with Crippen molar-refractivity contribution in [3.63, 3.8) is 0 Å². The minimum absolute atomic E-state index is 0.0738. The first kappa shape index (κ1) is 23.1. The average molecular weight is 454 g/mol.